The van der Waals surface area contributed by atoms with Crippen LogP contribution in [-0.2, 0) is 0 Å². The number of anilines is 1. The molecular formula is C11H12BrF3N2O. The number of aromatic nitrogens is 1. The second-order valence-corrected chi connectivity index (χ2v) is 5.35. The van der Waals surface area contributed by atoms with Gasteiger partial charge in [-0.3, -0.25) is 0 Å². The van der Waals surface area contributed by atoms with Crippen molar-refractivity contribution < 1.29 is 18.3 Å². The van der Waals surface area contributed by atoms with Crippen LogP contribution in [0.15, 0.2) is 16.7 Å². The number of rotatable bonds is 1. The molecule has 0 aliphatic carbocycles. The summed E-state index contributed by atoms with van der Waals surface area (Å²) in [5, 5.41) is 9.58. The quantitative estimate of drug-likeness (QED) is 0.862. The molecule has 0 radical (unpaired) electrons. The predicted octanol–water partition coefficient (Wildman–Crippen LogP) is 2.66. The number of alkyl halides is 3. The monoisotopic (exact) mass is 324 g/mol. The first-order valence-electron chi connectivity index (χ1n) is 5.39. The molecule has 0 aromatic carbocycles. The Labute approximate surface area is 111 Å². The molecule has 0 bridgehead atoms. The molecule has 1 saturated heterocycles. The van der Waals surface area contributed by atoms with E-state index in [1.54, 1.807) is 12.3 Å². The van der Waals surface area contributed by atoms with Gasteiger partial charge in [-0.2, -0.15) is 13.2 Å². The number of aryl methyl sites for hydroxylation is 1. The van der Waals surface area contributed by atoms with Crippen molar-refractivity contribution in [1.82, 2.24) is 4.98 Å². The Balaban J connectivity index is 2.21. The molecule has 2 rings (SSSR count). The minimum absolute atomic E-state index is 0.143. The van der Waals surface area contributed by atoms with Crippen molar-refractivity contribution in [2.75, 3.05) is 18.0 Å². The molecule has 0 amide bonds. The van der Waals surface area contributed by atoms with Gasteiger partial charge in [0, 0.05) is 23.6 Å². The molecule has 7 heteroatoms. The summed E-state index contributed by atoms with van der Waals surface area (Å²) in [5.74, 6) is 0.455. The van der Waals surface area contributed by atoms with Gasteiger partial charge in [0.15, 0.2) is 5.60 Å². The van der Waals surface area contributed by atoms with Crippen LogP contribution in [0.5, 0.6) is 0 Å². The molecule has 18 heavy (non-hydrogen) atoms. The fourth-order valence-corrected chi connectivity index (χ4v) is 2.13. The SMILES string of the molecule is Cc1cc(N2CC[C@@](O)(C(F)(F)F)C2)ncc1Br. The highest BCUT2D eigenvalue weighted by molar-refractivity contribution is 9.10. The van der Waals surface area contributed by atoms with E-state index in [1.807, 2.05) is 6.92 Å². The summed E-state index contributed by atoms with van der Waals surface area (Å²) < 4.78 is 38.8. The van der Waals surface area contributed by atoms with E-state index >= 15 is 0 Å². The van der Waals surface area contributed by atoms with Gasteiger partial charge in [-0.15, -0.1) is 0 Å². The second kappa shape index (κ2) is 4.38. The zero-order chi connectivity index (χ0) is 13.6. The normalized spacial score (nSPS) is 24.7. The van der Waals surface area contributed by atoms with Crippen LogP contribution in [0.4, 0.5) is 19.0 Å². The first kappa shape index (κ1) is 13.6. The van der Waals surface area contributed by atoms with Gasteiger partial charge < -0.3 is 10.0 Å². The molecule has 2 heterocycles. The lowest BCUT2D eigenvalue weighted by Gasteiger charge is -2.26. The van der Waals surface area contributed by atoms with E-state index in [9.17, 15) is 18.3 Å². The Hall–Kier alpha value is -0.820. The number of hydrogen-bond acceptors (Lipinski definition) is 3. The van der Waals surface area contributed by atoms with Crippen LogP contribution in [0.25, 0.3) is 0 Å². The van der Waals surface area contributed by atoms with Gasteiger partial charge in [0.25, 0.3) is 0 Å². The van der Waals surface area contributed by atoms with E-state index in [0.29, 0.717) is 5.82 Å². The number of β-amino-alcohol motifs (C(OH)–C–C–N with tert-alkyl or cyclic N) is 1. The maximum absolute atomic E-state index is 12.7. The van der Waals surface area contributed by atoms with Crippen LogP contribution < -0.4 is 4.90 Å². The van der Waals surface area contributed by atoms with E-state index in [-0.39, 0.29) is 13.0 Å². The summed E-state index contributed by atoms with van der Waals surface area (Å²) in [6, 6.07) is 1.70. The number of aliphatic hydroxyl groups is 1. The van der Waals surface area contributed by atoms with Gasteiger partial charge in [-0.05, 0) is 34.5 Å². The molecule has 1 atom stereocenters. The van der Waals surface area contributed by atoms with Crippen molar-refractivity contribution in [3.8, 4) is 0 Å². The molecule has 0 unspecified atom stereocenters. The Kier molecular flexibility index (Phi) is 3.31. The Morgan fingerprint density at radius 2 is 2.17 bits per heavy atom. The van der Waals surface area contributed by atoms with Gasteiger partial charge in [0.2, 0.25) is 0 Å². The van der Waals surface area contributed by atoms with Crippen LogP contribution in [0.3, 0.4) is 0 Å². The highest BCUT2D eigenvalue weighted by atomic mass is 79.9. The third-order valence-electron chi connectivity index (χ3n) is 3.13. The van der Waals surface area contributed by atoms with Gasteiger partial charge >= 0.3 is 6.18 Å². The maximum Gasteiger partial charge on any atom is 0.418 e. The molecule has 1 aromatic heterocycles. The zero-order valence-corrected chi connectivity index (χ0v) is 11.2. The summed E-state index contributed by atoms with van der Waals surface area (Å²) in [6.45, 7) is 1.51. The topological polar surface area (TPSA) is 36.4 Å². The van der Waals surface area contributed by atoms with Crippen molar-refractivity contribution in [2.45, 2.75) is 25.1 Å². The Morgan fingerprint density at radius 1 is 1.50 bits per heavy atom. The first-order valence-corrected chi connectivity index (χ1v) is 6.18. The molecule has 1 N–H and O–H groups in total. The highest BCUT2D eigenvalue weighted by Crippen LogP contribution is 2.39. The number of pyridine rings is 1. The summed E-state index contributed by atoms with van der Waals surface area (Å²) in [7, 11) is 0. The molecule has 100 valence electrons. The average molecular weight is 325 g/mol. The average Bonchev–Trinajstić information content (AvgIpc) is 2.66. The number of halogens is 4. The summed E-state index contributed by atoms with van der Waals surface area (Å²) >= 11 is 3.28. The van der Waals surface area contributed by atoms with Crippen LogP contribution in [0, 0.1) is 6.92 Å². The molecular weight excluding hydrogens is 313 g/mol. The fourth-order valence-electron chi connectivity index (χ4n) is 1.92. The van der Waals surface area contributed by atoms with Gasteiger partial charge in [0.05, 0.1) is 6.54 Å². The van der Waals surface area contributed by atoms with Crippen LogP contribution in [0.1, 0.15) is 12.0 Å². The molecule has 0 spiro atoms. The maximum atomic E-state index is 12.7. The third kappa shape index (κ3) is 2.33. The molecule has 1 fully saturated rings. The van der Waals surface area contributed by atoms with Crippen LogP contribution in [-0.4, -0.2) is 35.0 Å². The van der Waals surface area contributed by atoms with E-state index < -0.39 is 18.3 Å². The summed E-state index contributed by atoms with van der Waals surface area (Å²) in [4.78, 5) is 5.52. The number of hydrogen-bond donors (Lipinski definition) is 1. The molecule has 0 saturated carbocycles. The van der Waals surface area contributed by atoms with Crippen molar-refractivity contribution in [1.29, 1.82) is 0 Å². The van der Waals surface area contributed by atoms with Crippen LogP contribution >= 0.6 is 15.9 Å². The lowest BCUT2D eigenvalue weighted by molar-refractivity contribution is -0.250. The van der Waals surface area contributed by atoms with Crippen molar-refractivity contribution in [2.24, 2.45) is 0 Å². The predicted molar refractivity (Wildman–Crippen MR) is 64.5 cm³/mol. The Morgan fingerprint density at radius 3 is 2.67 bits per heavy atom. The molecule has 1 aliphatic heterocycles. The highest BCUT2D eigenvalue weighted by Gasteiger charge is 2.57. The van der Waals surface area contributed by atoms with Gasteiger partial charge in [-0.25, -0.2) is 4.98 Å². The van der Waals surface area contributed by atoms with Gasteiger partial charge in [0.1, 0.15) is 5.82 Å². The minimum atomic E-state index is -4.61. The lowest BCUT2D eigenvalue weighted by atomic mass is 10.0. The largest absolute Gasteiger partial charge is 0.418 e. The van der Waals surface area contributed by atoms with E-state index in [2.05, 4.69) is 20.9 Å². The standard InChI is InChI=1S/C11H12BrF3N2O/c1-7-4-9(16-5-8(7)12)17-3-2-10(18,6-17)11(13,14)15/h4-5,18H,2-3,6H2,1H3/t10-/m0/s1. The van der Waals surface area contributed by atoms with E-state index in [4.69, 9.17) is 0 Å². The summed E-state index contributed by atoms with van der Waals surface area (Å²) in [5.41, 5.74) is -1.74. The third-order valence-corrected chi connectivity index (χ3v) is 3.96. The van der Waals surface area contributed by atoms with Crippen LogP contribution in [0.2, 0.25) is 0 Å². The fraction of sp³-hybridized carbons (Fsp3) is 0.545. The van der Waals surface area contributed by atoms with E-state index in [1.165, 1.54) is 4.90 Å². The second-order valence-electron chi connectivity index (χ2n) is 4.49. The Bertz CT molecular complexity index is 466. The smallest absolute Gasteiger partial charge is 0.379 e. The first-order chi connectivity index (χ1) is 8.23. The van der Waals surface area contributed by atoms with Crippen molar-refractivity contribution >= 4 is 21.7 Å². The zero-order valence-electron chi connectivity index (χ0n) is 9.63. The lowest BCUT2D eigenvalue weighted by Crippen LogP contribution is -2.47. The van der Waals surface area contributed by atoms with Gasteiger partial charge in [-0.1, -0.05) is 0 Å². The van der Waals surface area contributed by atoms with Crippen molar-refractivity contribution in [3.05, 3.63) is 22.3 Å². The molecule has 3 nitrogen and oxygen atoms in total. The van der Waals surface area contributed by atoms with Crippen molar-refractivity contribution in [3.63, 3.8) is 0 Å². The number of nitrogens with zero attached hydrogens (tertiary/aromatic N) is 2. The molecule has 1 aromatic rings. The molecule has 1 aliphatic rings. The summed E-state index contributed by atoms with van der Waals surface area (Å²) in [6.07, 6.45) is -3.38. The minimum Gasteiger partial charge on any atom is -0.379 e. The van der Waals surface area contributed by atoms with E-state index in [0.717, 1.165) is 10.0 Å².